The zero-order valence-corrected chi connectivity index (χ0v) is 15.8. The van der Waals surface area contributed by atoms with Crippen molar-refractivity contribution in [1.82, 2.24) is 4.57 Å². The fourth-order valence-electron chi connectivity index (χ4n) is 2.83. The molecule has 0 bridgehead atoms. The lowest BCUT2D eigenvalue weighted by atomic mass is 9.98. The van der Waals surface area contributed by atoms with E-state index >= 15 is 0 Å². The Morgan fingerprint density at radius 1 is 1.04 bits per heavy atom. The Kier molecular flexibility index (Phi) is 4.78. The number of halogens is 1. The number of nitrogens with zero attached hydrogens (tertiary/aromatic N) is 1. The molecule has 24 heavy (non-hydrogen) atoms. The summed E-state index contributed by atoms with van der Waals surface area (Å²) in [6.45, 7) is 3.58. The van der Waals surface area contributed by atoms with E-state index in [4.69, 9.17) is 12.2 Å². The van der Waals surface area contributed by atoms with Gasteiger partial charge in [0.1, 0.15) is 4.64 Å². The van der Waals surface area contributed by atoms with Crippen molar-refractivity contribution in [3.05, 3.63) is 81.0 Å². The van der Waals surface area contributed by atoms with E-state index in [0.29, 0.717) is 10.2 Å². The lowest BCUT2D eigenvalue weighted by Crippen LogP contribution is -2.09. The van der Waals surface area contributed by atoms with Crippen LogP contribution in [0.3, 0.4) is 0 Å². The number of aromatic nitrogens is 1. The van der Waals surface area contributed by atoms with Crippen molar-refractivity contribution in [2.24, 2.45) is 0 Å². The molecule has 0 fully saturated rings. The molecular formula is C20H16BrNOS. The first-order chi connectivity index (χ1) is 11.5. The third-order valence-corrected chi connectivity index (χ3v) is 4.83. The number of carbonyl (C=O) groups is 1. The molecule has 0 radical (unpaired) electrons. The Bertz CT molecular complexity index is 959. The molecule has 0 atom stereocenters. The van der Waals surface area contributed by atoms with Gasteiger partial charge in [-0.05, 0) is 55.3 Å². The smallest absolute Gasteiger partial charge is 0.163 e. The molecule has 1 aromatic heterocycles. The summed E-state index contributed by atoms with van der Waals surface area (Å²) in [6, 6.07) is 19.8. The van der Waals surface area contributed by atoms with Gasteiger partial charge >= 0.3 is 0 Å². The molecular weight excluding hydrogens is 382 g/mol. The van der Waals surface area contributed by atoms with Gasteiger partial charge in [-0.2, -0.15) is 0 Å². The zero-order chi connectivity index (χ0) is 17.3. The van der Waals surface area contributed by atoms with Gasteiger partial charge in [0.05, 0.1) is 5.56 Å². The van der Waals surface area contributed by atoms with Crippen molar-refractivity contribution < 1.29 is 4.79 Å². The van der Waals surface area contributed by atoms with Crippen LogP contribution < -0.4 is 0 Å². The van der Waals surface area contributed by atoms with Crippen molar-refractivity contribution in [3.63, 3.8) is 0 Å². The van der Waals surface area contributed by atoms with Crippen LogP contribution in [0.2, 0.25) is 0 Å². The SMILES string of the molecule is CC(=O)c1c(-c2ccccc2)cc(C)n(-c2ccc(Br)cc2)c1=S. The number of ketones is 1. The van der Waals surface area contributed by atoms with Gasteiger partial charge in [0.25, 0.3) is 0 Å². The summed E-state index contributed by atoms with van der Waals surface area (Å²) in [6.07, 6.45) is 0. The molecule has 4 heteroatoms. The number of carbonyl (C=O) groups excluding carboxylic acids is 1. The number of aryl methyl sites for hydroxylation is 1. The summed E-state index contributed by atoms with van der Waals surface area (Å²) in [4.78, 5) is 12.3. The highest BCUT2D eigenvalue weighted by Crippen LogP contribution is 2.28. The summed E-state index contributed by atoms with van der Waals surface area (Å²) >= 11 is 9.13. The monoisotopic (exact) mass is 397 g/mol. The van der Waals surface area contributed by atoms with Crippen molar-refractivity contribution in [1.29, 1.82) is 0 Å². The van der Waals surface area contributed by atoms with Gasteiger partial charge in [-0.15, -0.1) is 0 Å². The molecule has 0 amide bonds. The molecule has 0 aliphatic carbocycles. The molecule has 2 aromatic carbocycles. The quantitative estimate of drug-likeness (QED) is 0.390. The Morgan fingerprint density at radius 2 is 1.67 bits per heavy atom. The van der Waals surface area contributed by atoms with E-state index in [0.717, 1.165) is 27.0 Å². The van der Waals surface area contributed by atoms with Crippen LogP contribution in [0.15, 0.2) is 65.1 Å². The van der Waals surface area contributed by atoms with E-state index in [1.165, 1.54) is 0 Å². The van der Waals surface area contributed by atoms with Gasteiger partial charge in [-0.3, -0.25) is 4.79 Å². The molecule has 0 spiro atoms. The number of pyridine rings is 1. The summed E-state index contributed by atoms with van der Waals surface area (Å²) < 4.78 is 3.50. The van der Waals surface area contributed by atoms with E-state index in [1.54, 1.807) is 6.92 Å². The first-order valence-corrected chi connectivity index (χ1v) is 8.78. The molecule has 0 saturated carbocycles. The van der Waals surface area contributed by atoms with Crippen LogP contribution in [0, 0.1) is 11.6 Å². The fourth-order valence-corrected chi connectivity index (χ4v) is 3.60. The van der Waals surface area contributed by atoms with Crippen LogP contribution in [-0.2, 0) is 0 Å². The second-order valence-electron chi connectivity index (χ2n) is 5.61. The minimum atomic E-state index is -0.0234. The van der Waals surface area contributed by atoms with Gasteiger partial charge in [0, 0.05) is 15.9 Å². The third-order valence-electron chi connectivity index (χ3n) is 3.91. The number of benzene rings is 2. The molecule has 3 rings (SSSR count). The average Bonchev–Trinajstić information content (AvgIpc) is 2.56. The van der Waals surface area contributed by atoms with E-state index in [9.17, 15) is 4.79 Å². The standard InChI is InChI=1S/C20H16BrNOS/c1-13-12-18(15-6-4-3-5-7-15)19(14(2)23)20(24)22(13)17-10-8-16(21)9-11-17/h3-12H,1-2H3. The van der Waals surface area contributed by atoms with Gasteiger partial charge in [0.2, 0.25) is 0 Å². The topological polar surface area (TPSA) is 22.0 Å². The number of Topliss-reactive ketones (excluding diaryl/α,β-unsaturated/α-hetero) is 1. The molecule has 0 N–H and O–H groups in total. The van der Waals surface area contributed by atoms with Gasteiger partial charge in [-0.25, -0.2) is 0 Å². The highest BCUT2D eigenvalue weighted by atomic mass is 79.9. The third kappa shape index (κ3) is 3.12. The minimum Gasteiger partial charge on any atom is -0.305 e. The van der Waals surface area contributed by atoms with Crippen molar-refractivity contribution in [3.8, 4) is 16.8 Å². The van der Waals surface area contributed by atoms with Crippen LogP contribution in [-0.4, -0.2) is 10.4 Å². The predicted molar refractivity (Wildman–Crippen MR) is 104 cm³/mol. The van der Waals surface area contributed by atoms with E-state index < -0.39 is 0 Å². The summed E-state index contributed by atoms with van der Waals surface area (Å²) in [5.41, 5.74) is 4.41. The van der Waals surface area contributed by atoms with E-state index in [1.807, 2.05) is 72.2 Å². The first-order valence-electron chi connectivity index (χ1n) is 7.58. The Labute approximate surface area is 154 Å². The van der Waals surface area contributed by atoms with E-state index in [2.05, 4.69) is 15.9 Å². The maximum Gasteiger partial charge on any atom is 0.163 e. The number of hydrogen-bond acceptors (Lipinski definition) is 2. The predicted octanol–water partition coefficient (Wildman–Crippen LogP) is 6.15. The Morgan fingerprint density at radius 3 is 2.25 bits per heavy atom. The highest BCUT2D eigenvalue weighted by Gasteiger charge is 2.16. The first kappa shape index (κ1) is 16.8. The second kappa shape index (κ2) is 6.83. The lowest BCUT2D eigenvalue weighted by molar-refractivity contribution is 0.101. The second-order valence-corrected chi connectivity index (χ2v) is 6.92. The average molecular weight is 398 g/mol. The Balaban J connectivity index is 2.32. The normalized spacial score (nSPS) is 10.6. The van der Waals surface area contributed by atoms with Gasteiger partial charge in [0.15, 0.2) is 5.78 Å². The highest BCUT2D eigenvalue weighted by molar-refractivity contribution is 9.10. The van der Waals surface area contributed by atoms with Crippen LogP contribution >= 0.6 is 28.1 Å². The van der Waals surface area contributed by atoms with Crippen LogP contribution in [0.25, 0.3) is 16.8 Å². The zero-order valence-electron chi connectivity index (χ0n) is 13.4. The van der Waals surface area contributed by atoms with Crippen LogP contribution in [0.5, 0.6) is 0 Å². The molecule has 120 valence electrons. The summed E-state index contributed by atoms with van der Waals surface area (Å²) in [5, 5.41) is 0. The maximum atomic E-state index is 12.3. The Hall–Kier alpha value is -2.04. The molecule has 0 unspecified atom stereocenters. The fraction of sp³-hybridized carbons (Fsp3) is 0.100. The van der Waals surface area contributed by atoms with Crippen molar-refractivity contribution in [2.75, 3.05) is 0 Å². The van der Waals surface area contributed by atoms with E-state index in [-0.39, 0.29) is 5.78 Å². The summed E-state index contributed by atoms with van der Waals surface area (Å²) in [5.74, 6) is -0.0234. The molecule has 0 saturated heterocycles. The van der Waals surface area contributed by atoms with Gasteiger partial charge < -0.3 is 4.57 Å². The van der Waals surface area contributed by atoms with Gasteiger partial charge in [-0.1, -0.05) is 58.5 Å². The number of rotatable bonds is 3. The lowest BCUT2D eigenvalue weighted by Gasteiger charge is -2.17. The molecule has 1 heterocycles. The number of hydrogen-bond donors (Lipinski definition) is 0. The minimum absolute atomic E-state index is 0.0234. The molecule has 3 aromatic rings. The van der Waals surface area contributed by atoms with Crippen molar-refractivity contribution in [2.45, 2.75) is 13.8 Å². The maximum absolute atomic E-state index is 12.3. The summed E-state index contributed by atoms with van der Waals surface area (Å²) in [7, 11) is 0. The molecule has 2 nitrogen and oxygen atoms in total. The molecule has 0 aliphatic rings. The van der Waals surface area contributed by atoms with Crippen molar-refractivity contribution >= 4 is 33.9 Å². The van der Waals surface area contributed by atoms with Crippen LogP contribution in [0.4, 0.5) is 0 Å². The largest absolute Gasteiger partial charge is 0.305 e. The van der Waals surface area contributed by atoms with Crippen LogP contribution in [0.1, 0.15) is 23.0 Å². The molecule has 0 aliphatic heterocycles.